The van der Waals surface area contributed by atoms with E-state index in [0.29, 0.717) is 12.5 Å². The largest absolute Gasteiger partial charge is 0.356 e. The Kier molecular flexibility index (Phi) is 7.39. The first kappa shape index (κ1) is 15.4. The van der Waals surface area contributed by atoms with Crippen molar-refractivity contribution in [3.63, 3.8) is 0 Å². The second-order valence-electron chi connectivity index (χ2n) is 5.51. The monoisotopic (exact) mass is 228 g/mol. The number of nitrogens with one attached hydrogen (secondary N) is 2. The number of amides is 1. The predicted octanol–water partition coefficient (Wildman–Crippen LogP) is 2.32. The highest BCUT2D eigenvalue weighted by Gasteiger charge is 2.15. The van der Waals surface area contributed by atoms with Crippen molar-refractivity contribution in [2.75, 3.05) is 13.1 Å². The van der Waals surface area contributed by atoms with Crippen molar-refractivity contribution >= 4 is 5.91 Å². The SMILES string of the molecule is CCC(C)(C)CNC(=O)CCCNC(C)C. The molecule has 0 radical (unpaired) electrons. The lowest BCUT2D eigenvalue weighted by molar-refractivity contribution is -0.121. The number of hydrogen-bond donors (Lipinski definition) is 2. The van der Waals surface area contributed by atoms with Crippen LogP contribution in [-0.2, 0) is 4.79 Å². The van der Waals surface area contributed by atoms with Gasteiger partial charge in [-0.15, -0.1) is 0 Å². The summed E-state index contributed by atoms with van der Waals surface area (Å²) in [5.41, 5.74) is 0.214. The molecular formula is C13H28N2O. The number of rotatable bonds is 8. The van der Waals surface area contributed by atoms with Gasteiger partial charge in [0, 0.05) is 19.0 Å². The molecule has 96 valence electrons. The summed E-state index contributed by atoms with van der Waals surface area (Å²) >= 11 is 0. The van der Waals surface area contributed by atoms with Crippen molar-refractivity contribution in [3.8, 4) is 0 Å². The van der Waals surface area contributed by atoms with Crippen molar-refractivity contribution in [3.05, 3.63) is 0 Å². The minimum Gasteiger partial charge on any atom is -0.356 e. The van der Waals surface area contributed by atoms with Crippen LogP contribution in [-0.4, -0.2) is 25.0 Å². The maximum absolute atomic E-state index is 11.5. The zero-order valence-electron chi connectivity index (χ0n) is 11.5. The Labute approximate surface area is 100 Å². The minimum atomic E-state index is 0.173. The van der Waals surface area contributed by atoms with Crippen molar-refractivity contribution in [2.24, 2.45) is 5.41 Å². The van der Waals surface area contributed by atoms with Crippen LogP contribution in [0.2, 0.25) is 0 Å². The van der Waals surface area contributed by atoms with Crippen LogP contribution in [0.5, 0.6) is 0 Å². The molecule has 0 unspecified atom stereocenters. The second kappa shape index (κ2) is 7.66. The molecule has 0 aliphatic carbocycles. The summed E-state index contributed by atoms with van der Waals surface area (Å²) in [6, 6.07) is 0.502. The number of carbonyl (C=O) groups excluding carboxylic acids is 1. The van der Waals surface area contributed by atoms with Crippen molar-refractivity contribution in [2.45, 2.75) is 59.9 Å². The first-order valence-corrected chi connectivity index (χ1v) is 6.37. The third kappa shape index (κ3) is 8.72. The van der Waals surface area contributed by atoms with Crippen molar-refractivity contribution in [1.29, 1.82) is 0 Å². The van der Waals surface area contributed by atoms with E-state index in [0.717, 1.165) is 25.9 Å². The van der Waals surface area contributed by atoms with Gasteiger partial charge in [-0.25, -0.2) is 0 Å². The Morgan fingerprint density at radius 3 is 2.44 bits per heavy atom. The average molecular weight is 228 g/mol. The summed E-state index contributed by atoms with van der Waals surface area (Å²) in [5, 5.41) is 6.30. The Morgan fingerprint density at radius 1 is 1.31 bits per heavy atom. The summed E-state index contributed by atoms with van der Waals surface area (Å²) in [5.74, 6) is 0.173. The molecule has 1 amide bonds. The zero-order chi connectivity index (χ0) is 12.6. The van der Waals surface area contributed by atoms with E-state index < -0.39 is 0 Å². The summed E-state index contributed by atoms with van der Waals surface area (Å²) < 4.78 is 0. The van der Waals surface area contributed by atoms with Gasteiger partial charge in [-0.2, -0.15) is 0 Å². The molecule has 0 aliphatic heterocycles. The Morgan fingerprint density at radius 2 is 1.94 bits per heavy atom. The molecule has 0 aromatic rings. The smallest absolute Gasteiger partial charge is 0.220 e. The van der Waals surface area contributed by atoms with Gasteiger partial charge in [-0.3, -0.25) is 4.79 Å². The van der Waals surface area contributed by atoms with Gasteiger partial charge >= 0.3 is 0 Å². The van der Waals surface area contributed by atoms with E-state index in [-0.39, 0.29) is 11.3 Å². The van der Waals surface area contributed by atoms with Gasteiger partial charge in [-0.1, -0.05) is 34.6 Å². The van der Waals surface area contributed by atoms with E-state index in [9.17, 15) is 4.79 Å². The molecule has 0 aromatic heterocycles. The molecule has 3 nitrogen and oxygen atoms in total. The molecule has 0 fully saturated rings. The van der Waals surface area contributed by atoms with Crippen LogP contribution >= 0.6 is 0 Å². The van der Waals surface area contributed by atoms with Gasteiger partial charge in [-0.05, 0) is 24.8 Å². The van der Waals surface area contributed by atoms with E-state index in [1.165, 1.54) is 0 Å². The van der Waals surface area contributed by atoms with Crippen LogP contribution < -0.4 is 10.6 Å². The lowest BCUT2D eigenvalue weighted by atomic mass is 9.90. The quantitative estimate of drug-likeness (QED) is 0.626. The van der Waals surface area contributed by atoms with E-state index in [1.54, 1.807) is 0 Å². The van der Waals surface area contributed by atoms with Gasteiger partial charge in [0.15, 0.2) is 0 Å². The van der Waals surface area contributed by atoms with E-state index >= 15 is 0 Å². The Bertz CT molecular complexity index is 200. The lowest BCUT2D eigenvalue weighted by Gasteiger charge is -2.22. The van der Waals surface area contributed by atoms with E-state index in [1.807, 2.05) is 0 Å². The predicted molar refractivity (Wildman–Crippen MR) is 69.5 cm³/mol. The van der Waals surface area contributed by atoms with Gasteiger partial charge in [0.2, 0.25) is 5.91 Å². The first-order valence-electron chi connectivity index (χ1n) is 6.37. The van der Waals surface area contributed by atoms with Crippen LogP contribution in [0.15, 0.2) is 0 Å². The standard InChI is InChI=1S/C13H28N2O/c1-6-13(4,5)10-15-12(16)8-7-9-14-11(2)3/h11,14H,6-10H2,1-5H3,(H,15,16). The molecule has 0 saturated carbocycles. The van der Waals surface area contributed by atoms with Gasteiger partial charge in [0.1, 0.15) is 0 Å². The number of carbonyl (C=O) groups is 1. The maximum Gasteiger partial charge on any atom is 0.220 e. The maximum atomic E-state index is 11.5. The first-order chi connectivity index (χ1) is 7.37. The molecule has 0 aromatic carbocycles. The topological polar surface area (TPSA) is 41.1 Å². The minimum absolute atomic E-state index is 0.173. The molecule has 0 saturated heterocycles. The third-order valence-electron chi connectivity index (χ3n) is 2.85. The molecular weight excluding hydrogens is 200 g/mol. The molecule has 3 heteroatoms. The highest BCUT2D eigenvalue weighted by molar-refractivity contribution is 5.75. The molecule has 0 aliphatic rings. The fraction of sp³-hybridized carbons (Fsp3) is 0.923. The lowest BCUT2D eigenvalue weighted by Crippen LogP contribution is -2.34. The van der Waals surface area contributed by atoms with Crippen molar-refractivity contribution < 1.29 is 4.79 Å². The summed E-state index contributed by atoms with van der Waals surface area (Å²) in [4.78, 5) is 11.5. The Balaban J connectivity index is 3.52. The van der Waals surface area contributed by atoms with Crippen LogP contribution in [0, 0.1) is 5.41 Å². The fourth-order valence-electron chi connectivity index (χ4n) is 1.19. The summed E-state index contributed by atoms with van der Waals surface area (Å²) in [7, 11) is 0. The van der Waals surface area contributed by atoms with E-state index in [2.05, 4.69) is 45.3 Å². The molecule has 0 heterocycles. The van der Waals surface area contributed by atoms with E-state index in [4.69, 9.17) is 0 Å². The fourth-order valence-corrected chi connectivity index (χ4v) is 1.19. The molecule has 0 spiro atoms. The number of hydrogen-bond acceptors (Lipinski definition) is 2. The Hall–Kier alpha value is -0.570. The third-order valence-corrected chi connectivity index (χ3v) is 2.85. The van der Waals surface area contributed by atoms with Crippen LogP contribution in [0.3, 0.4) is 0 Å². The molecule has 16 heavy (non-hydrogen) atoms. The van der Waals surface area contributed by atoms with Gasteiger partial charge < -0.3 is 10.6 Å². The van der Waals surface area contributed by atoms with Crippen LogP contribution in [0.25, 0.3) is 0 Å². The second-order valence-corrected chi connectivity index (χ2v) is 5.51. The highest BCUT2D eigenvalue weighted by atomic mass is 16.1. The van der Waals surface area contributed by atoms with Crippen molar-refractivity contribution in [1.82, 2.24) is 10.6 Å². The molecule has 0 bridgehead atoms. The molecule has 0 rings (SSSR count). The normalized spacial score (nSPS) is 11.9. The average Bonchev–Trinajstić information content (AvgIpc) is 2.21. The highest BCUT2D eigenvalue weighted by Crippen LogP contribution is 2.17. The van der Waals surface area contributed by atoms with Gasteiger partial charge in [0.05, 0.1) is 0 Å². The zero-order valence-corrected chi connectivity index (χ0v) is 11.5. The summed E-state index contributed by atoms with van der Waals surface area (Å²) in [6.45, 7) is 12.4. The molecule has 0 atom stereocenters. The molecule has 2 N–H and O–H groups in total. The van der Waals surface area contributed by atoms with Crippen LogP contribution in [0.4, 0.5) is 0 Å². The summed E-state index contributed by atoms with van der Waals surface area (Å²) in [6.07, 6.45) is 2.62. The van der Waals surface area contributed by atoms with Crippen LogP contribution in [0.1, 0.15) is 53.9 Å². The van der Waals surface area contributed by atoms with Gasteiger partial charge in [0.25, 0.3) is 0 Å².